The van der Waals surface area contributed by atoms with Crippen LogP contribution >= 0.6 is 0 Å². The average Bonchev–Trinajstić information content (AvgIpc) is 3.09. The molecule has 29 heavy (non-hydrogen) atoms. The van der Waals surface area contributed by atoms with Gasteiger partial charge in [-0.3, -0.25) is 9.59 Å². The van der Waals surface area contributed by atoms with Gasteiger partial charge in [0.1, 0.15) is 0 Å². The molecule has 0 saturated heterocycles. The Hall–Kier alpha value is -3.62. The first-order chi connectivity index (χ1) is 13.7. The molecule has 1 heterocycles. The molecule has 0 unspecified atom stereocenters. The van der Waals surface area contributed by atoms with Gasteiger partial charge >= 0.3 is 6.18 Å². The lowest BCUT2D eigenvalue weighted by molar-refractivity contribution is -0.143. The molecule has 3 aromatic rings. The number of benzene rings is 2. The van der Waals surface area contributed by atoms with Crippen LogP contribution in [0, 0.1) is 6.92 Å². The maximum Gasteiger partial charge on any atom is 0.434 e. The molecular formula is C20H17F3N4O2. The first-order valence-corrected chi connectivity index (χ1v) is 8.57. The number of aromatic nitrogens is 2. The second-order valence-electron chi connectivity index (χ2n) is 6.32. The van der Waals surface area contributed by atoms with Gasteiger partial charge in [0.05, 0.1) is 17.4 Å². The van der Waals surface area contributed by atoms with E-state index < -0.39 is 23.3 Å². The lowest BCUT2D eigenvalue weighted by atomic mass is 10.1. The van der Waals surface area contributed by atoms with Gasteiger partial charge in [-0.2, -0.15) is 18.3 Å². The number of carbonyl (C=O) groups excluding carboxylic acids is 2. The minimum atomic E-state index is -4.79. The van der Waals surface area contributed by atoms with E-state index in [0.717, 1.165) is 10.9 Å². The van der Waals surface area contributed by atoms with E-state index in [4.69, 9.17) is 0 Å². The summed E-state index contributed by atoms with van der Waals surface area (Å²) in [6.45, 7) is 3.01. The van der Waals surface area contributed by atoms with E-state index in [2.05, 4.69) is 15.7 Å². The number of aryl methyl sites for hydroxylation is 1. The summed E-state index contributed by atoms with van der Waals surface area (Å²) in [6.07, 6.45) is -3.89. The third-order valence-electron chi connectivity index (χ3n) is 4.09. The monoisotopic (exact) mass is 402 g/mol. The number of para-hydroxylation sites is 1. The van der Waals surface area contributed by atoms with Gasteiger partial charge in [-0.15, -0.1) is 0 Å². The van der Waals surface area contributed by atoms with Crippen molar-refractivity contribution < 1.29 is 22.8 Å². The lowest BCUT2D eigenvalue weighted by Crippen LogP contribution is -2.21. The molecule has 1 aromatic heterocycles. The molecule has 2 aromatic carbocycles. The molecule has 2 N–H and O–H groups in total. The molecule has 0 aliphatic carbocycles. The third kappa shape index (κ3) is 4.45. The number of anilines is 2. The van der Waals surface area contributed by atoms with Crippen molar-refractivity contribution in [3.63, 3.8) is 0 Å². The Morgan fingerprint density at radius 3 is 2.10 bits per heavy atom. The fraction of sp³-hybridized carbons (Fsp3) is 0.150. The fourth-order valence-corrected chi connectivity index (χ4v) is 2.81. The zero-order chi connectivity index (χ0) is 21.2. The molecule has 150 valence electrons. The van der Waals surface area contributed by atoms with E-state index in [-0.39, 0.29) is 17.3 Å². The standard InChI is InChI=1S/C20H17F3N4O2/c1-12-5-3-4-6-17(12)27-18(20(21,22)23)16(11-24-27)19(29)26-15-9-7-14(8-10-15)25-13(2)28/h3-11H,1-2H3,(H,25,28)(H,26,29). The first-order valence-electron chi connectivity index (χ1n) is 8.57. The van der Waals surface area contributed by atoms with Crippen LogP contribution in [-0.2, 0) is 11.0 Å². The quantitative estimate of drug-likeness (QED) is 0.679. The molecule has 9 heteroatoms. The zero-order valence-corrected chi connectivity index (χ0v) is 15.5. The summed E-state index contributed by atoms with van der Waals surface area (Å²) in [5.74, 6) is -1.20. The van der Waals surface area contributed by atoms with Crippen LogP contribution in [0.4, 0.5) is 24.5 Å². The van der Waals surface area contributed by atoms with Crippen molar-refractivity contribution >= 4 is 23.2 Å². The summed E-state index contributed by atoms with van der Waals surface area (Å²) < 4.78 is 42.0. The molecule has 0 fully saturated rings. The third-order valence-corrected chi connectivity index (χ3v) is 4.09. The Bertz CT molecular complexity index is 1060. The second kappa shape index (κ2) is 7.78. The molecule has 3 rings (SSSR count). The van der Waals surface area contributed by atoms with Gasteiger partial charge in [0, 0.05) is 18.3 Å². The van der Waals surface area contributed by atoms with Crippen LogP contribution in [0.15, 0.2) is 54.7 Å². The fourth-order valence-electron chi connectivity index (χ4n) is 2.81. The maximum atomic E-state index is 13.8. The first kappa shape index (κ1) is 20.1. The van der Waals surface area contributed by atoms with Crippen LogP contribution < -0.4 is 10.6 Å². The topological polar surface area (TPSA) is 76.0 Å². The number of nitrogens with zero attached hydrogens (tertiary/aromatic N) is 2. The predicted octanol–water partition coefficient (Wildman–Crippen LogP) is 4.41. The van der Waals surface area contributed by atoms with Gasteiger partial charge in [-0.05, 0) is 42.8 Å². The molecular weight excluding hydrogens is 385 g/mol. The number of nitrogens with one attached hydrogen (secondary N) is 2. The molecule has 0 bridgehead atoms. The summed E-state index contributed by atoms with van der Waals surface area (Å²) in [4.78, 5) is 23.6. The SMILES string of the molecule is CC(=O)Nc1ccc(NC(=O)c2cnn(-c3ccccc3C)c2C(F)(F)F)cc1. The molecule has 0 aliphatic rings. The molecule has 2 amide bonds. The highest BCUT2D eigenvalue weighted by atomic mass is 19.4. The van der Waals surface area contributed by atoms with Crippen molar-refractivity contribution in [2.24, 2.45) is 0 Å². The van der Waals surface area contributed by atoms with Gasteiger partial charge in [0.15, 0.2) is 5.69 Å². The predicted molar refractivity (Wildman–Crippen MR) is 102 cm³/mol. The van der Waals surface area contributed by atoms with Crippen LogP contribution in [0.3, 0.4) is 0 Å². The Labute approximate surface area is 164 Å². The summed E-state index contributed by atoms with van der Waals surface area (Å²) in [5, 5.41) is 8.80. The second-order valence-corrected chi connectivity index (χ2v) is 6.32. The minimum Gasteiger partial charge on any atom is -0.326 e. The van der Waals surface area contributed by atoms with Crippen molar-refractivity contribution in [2.45, 2.75) is 20.0 Å². The molecule has 0 aliphatic heterocycles. The number of hydrogen-bond donors (Lipinski definition) is 2. The minimum absolute atomic E-state index is 0.235. The summed E-state index contributed by atoms with van der Waals surface area (Å²) in [7, 11) is 0. The number of carbonyl (C=O) groups is 2. The van der Waals surface area contributed by atoms with Gasteiger partial charge in [0.2, 0.25) is 5.91 Å². The van der Waals surface area contributed by atoms with Crippen LogP contribution in [0.5, 0.6) is 0 Å². The molecule has 0 radical (unpaired) electrons. The highest BCUT2D eigenvalue weighted by molar-refractivity contribution is 6.05. The highest BCUT2D eigenvalue weighted by Gasteiger charge is 2.40. The number of halogens is 3. The molecule has 0 atom stereocenters. The van der Waals surface area contributed by atoms with Gasteiger partial charge in [-0.25, -0.2) is 4.68 Å². The van der Waals surface area contributed by atoms with Crippen molar-refractivity contribution in [3.05, 3.63) is 71.5 Å². The van der Waals surface area contributed by atoms with Crippen LogP contribution in [0.1, 0.15) is 28.5 Å². The smallest absolute Gasteiger partial charge is 0.326 e. The van der Waals surface area contributed by atoms with Crippen LogP contribution in [0.25, 0.3) is 5.69 Å². The molecule has 6 nitrogen and oxygen atoms in total. The summed E-state index contributed by atoms with van der Waals surface area (Å²) >= 11 is 0. The lowest BCUT2D eigenvalue weighted by Gasteiger charge is -2.14. The van der Waals surface area contributed by atoms with Gasteiger partial charge < -0.3 is 10.6 Å². The van der Waals surface area contributed by atoms with Gasteiger partial charge in [0.25, 0.3) is 5.91 Å². The normalized spacial score (nSPS) is 11.2. The summed E-state index contributed by atoms with van der Waals surface area (Å²) in [5.41, 5.74) is -0.147. The van der Waals surface area contributed by atoms with Crippen molar-refractivity contribution in [1.29, 1.82) is 0 Å². The highest BCUT2D eigenvalue weighted by Crippen LogP contribution is 2.34. The zero-order valence-electron chi connectivity index (χ0n) is 15.5. The van der Waals surface area contributed by atoms with Crippen LogP contribution in [-0.4, -0.2) is 21.6 Å². The largest absolute Gasteiger partial charge is 0.434 e. The Morgan fingerprint density at radius 1 is 0.966 bits per heavy atom. The Kier molecular flexibility index (Phi) is 5.40. The number of alkyl halides is 3. The van der Waals surface area contributed by atoms with E-state index in [0.29, 0.717) is 11.3 Å². The van der Waals surface area contributed by atoms with E-state index in [1.165, 1.54) is 37.3 Å². The average molecular weight is 402 g/mol. The van der Waals surface area contributed by atoms with E-state index in [1.807, 2.05) is 0 Å². The number of hydrogen-bond acceptors (Lipinski definition) is 3. The number of rotatable bonds is 4. The van der Waals surface area contributed by atoms with E-state index in [1.54, 1.807) is 25.1 Å². The maximum absolute atomic E-state index is 13.8. The van der Waals surface area contributed by atoms with Crippen molar-refractivity contribution in [2.75, 3.05) is 10.6 Å². The Morgan fingerprint density at radius 2 is 1.55 bits per heavy atom. The van der Waals surface area contributed by atoms with Crippen LogP contribution in [0.2, 0.25) is 0 Å². The Balaban J connectivity index is 1.93. The number of amides is 2. The summed E-state index contributed by atoms with van der Waals surface area (Å²) in [6, 6.07) is 12.5. The molecule has 0 spiro atoms. The van der Waals surface area contributed by atoms with E-state index in [9.17, 15) is 22.8 Å². The van der Waals surface area contributed by atoms with Gasteiger partial charge in [-0.1, -0.05) is 18.2 Å². The molecule has 0 saturated carbocycles. The van der Waals surface area contributed by atoms with Crippen molar-refractivity contribution in [3.8, 4) is 5.69 Å². The van der Waals surface area contributed by atoms with Crippen molar-refractivity contribution in [1.82, 2.24) is 9.78 Å². The van der Waals surface area contributed by atoms with E-state index >= 15 is 0 Å².